The van der Waals surface area contributed by atoms with Crippen LogP contribution in [0.2, 0.25) is 0 Å². The molecule has 114 valence electrons. The molecule has 0 aromatic heterocycles. The van der Waals surface area contributed by atoms with Crippen molar-refractivity contribution in [2.75, 3.05) is 11.9 Å². The molecule has 1 aromatic rings. The lowest BCUT2D eigenvalue weighted by molar-refractivity contribution is -0.286. The SMILES string of the molecule is NC[C@H]1CCC[C@H]1C(=O)Nc1ccc2c(c1)OC(F)(F)O2. The highest BCUT2D eigenvalue weighted by molar-refractivity contribution is 5.93. The van der Waals surface area contributed by atoms with Crippen LogP contribution >= 0.6 is 0 Å². The van der Waals surface area contributed by atoms with Crippen molar-refractivity contribution in [2.24, 2.45) is 17.6 Å². The molecule has 2 aliphatic rings. The van der Waals surface area contributed by atoms with E-state index in [2.05, 4.69) is 14.8 Å². The first kappa shape index (κ1) is 14.1. The highest BCUT2D eigenvalue weighted by atomic mass is 19.3. The number of hydrogen-bond acceptors (Lipinski definition) is 4. The fourth-order valence-corrected chi connectivity index (χ4v) is 2.93. The molecule has 5 nitrogen and oxygen atoms in total. The highest BCUT2D eigenvalue weighted by Gasteiger charge is 2.43. The molecule has 0 unspecified atom stereocenters. The first-order valence-electron chi connectivity index (χ1n) is 6.89. The van der Waals surface area contributed by atoms with Gasteiger partial charge in [0.15, 0.2) is 11.5 Å². The number of nitrogens with one attached hydrogen (secondary N) is 1. The number of carbonyl (C=O) groups excluding carboxylic acids is 1. The maximum Gasteiger partial charge on any atom is 0.586 e. The average molecular weight is 298 g/mol. The van der Waals surface area contributed by atoms with E-state index < -0.39 is 6.29 Å². The van der Waals surface area contributed by atoms with Gasteiger partial charge in [-0.1, -0.05) is 6.42 Å². The number of halogens is 2. The molecule has 3 N–H and O–H groups in total. The summed E-state index contributed by atoms with van der Waals surface area (Å²) in [6, 6.07) is 4.19. The van der Waals surface area contributed by atoms with Crippen LogP contribution in [0, 0.1) is 11.8 Å². The van der Waals surface area contributed by atoms with E-state index in [4.69, 9.17) is 5.73 Å². The lowest BCUT2D eigenvalue weighted by atomic mass is 9.95. The zero-order valence-electron chi connectivity index (χ0n) is 11.3. The van der Waals surface area contributed by atoms with Gasteiger partial charge in [0.05, 0.1) is 0 Å². The van der Waals surface area contributed by atoms with E-state index in [1.54, 1.807) is 0 Å². The quantitative estimate of drug-likeness (QED) is 0.898. The van der Waals surface area contributed by atoms with Gasteiger partial charge in [-0.15, -0.1) is 8.78 Å². The minimum Gasteiger partial charge on any atom is -0.395 e. The van der Waals surface area contributed by atoms with E-state index in [1.165, 1.54) is 18.2 Å². The molecule has 0 spiro atoms. The number of rotatable bonds is 3. The Kier molecular flexibility index (Phi) is 3.44. The molecular weight excluding hydrogens is 282 g/mol. The molecule has 0 bridgehead atoms. The molecule has 1 aliphatic carbocycles. The van der Waals surface area contributed by atoms with Crippen molar-refractivity contribution >= 4 is 11.6 Å². The molecule has 2 atom stereocenters. The van der Waals surface area contributed by atoms with E-state index >= 15 is 0 Å². The largest absolute Gasteiger partial charge is 0.586 e. The number of carbonyl (C=O) groups is 1. The number of ether oxygens (including phenoxy) is 2. The second kappa shape index (κ2) is 5.14. The number of anilines is 1. The summed E-state index contributed by atoms with van der Waals surface area (Å²) in [4.78, 5) is 12.2. The number of fused-ring (bicyclic) bond motifs is 1. The zero-order chi connectivity index (χ0) is 15.0. The van der Waals surface area contributed by atoms with Gasteiger partial charge in [-0.25, -0.2) is 0 Å². The van der Waals surface area contributed by atoms with Crippen molar-refractivity contribution in [3.05, 3.63) is 18.2 Å². The third kappa shape index (κ3) is 2.78. The molecule has 7 heteroatoms. The summed E-state index contributed by atoms with van der Waals surface area (Å²) in [6.45, 7) is 0.478. The van der Waals surface area contributed by atoms with Crippen molar-refractivity contribution in [3.8, 4) is 11.5 Å². The summed E-state index contributed by atoms with van der Waals surface area (Å²) in [5, 5.41) is 2.73. The number of amides is 1. The fourth-order valence-electron chi connectivity index (χ4n) is 2.93. The van der Waals surface area contributed by atoms with Gasteiger partial charge in [-0.3, -0.25) is 4.79 Å². The summed E-state index contributed by atoms with van der Waals surface area (Å²) in [7, 11) is 0. The maximum atomic E-state index is 12.9. The van der Waals surface area contributed by atoms with E-state index in [0.717, 1.165) is 19.3 Å². The van der Waals surface area contributed by atoms with Crippen LogP contribution in [-0.4, -0.2) is 18.7 Å². The minimum absolute atomic E-state index is 0.0429. The highest BCUT2D eigenvalue weighted by Crippen LogP contribution is 2.42. The standard InChI is InChI=1S/C14H16F2N2O3/c15-14(16)20-11-5-4-9(6-12(11)21-14)18-13(19)10-3-1-2-8(10)7-17/h4-6,8,10H,1-3,7,17H2,(H,18,19)/t8-,10-/m1/s1. The van der Waals surface area contributed by atoms with Gasteiger partial charge in [0.2, 0.25) is 5.91 Å². The molecule has 1 saturated carbocycles. The van der Waals surface area contributed by atoms with E-state index in [-0.39, 0.29) is 29.2 Å². The molecule has 1 aliphatic heterocycles. The van der Waals surface area contributed by atoms with Gasteiger partial charge in [0.25, 0.3) is 0 Å². The molecule has 0 saturated heterocycles. The van der Waals surface area contributed by atoms with Gasteiger partial charge in [0, 0.05) is 17.7 Å². The molecular formula is C14H16F2N2O3. The Balaban J connectivity index is 1.70. The second-order valence-electron chi connectivity index (χ2n) is 5.35. The molecule has 3 rings (SSSR count). The maximum absolute atomic E-state index is 12.9. The van der Waals surface area contributed by atoms with Crippen LogP contribution in [0.5, 0.6) is 11.5 Å². The van der Waals surface area contributed by atoms with Gasteiger partial charge in [-0.2, -0.15) is 0 Å². The van der Waals surface area contributed by atoms with E-state index in [0.29, 0.717) is 12.2 Å². The predicted molar refractivity (Wildman–Crippen MR) is 71.2 cm³/mol. The second-order valence-corrected chi connectivity index (χ2v) is 5.35. The molecule has 1 aromatic carbocycles. The van der Waals surface area contributed by atoms with Crippen LogP contribution in [-0.2, 0) is 4.79 Å². The lowest BCUT2D eigenvalue weighted by Crippen LogP contribution is -2.29. The molecule has 0 radical (unpaired) electrons. The normalized spacial score (nSPS) is 25.9. The zero-order valence-corrected chi connectivity index (χ0v) is 11.3. The topological polar surface area (TPSA) is 73.6 Å². The third-order valence-corrected chi connectivity index (χ3v) is 3.97. The third-order valence-electron chi connectivity index (χ3n) is 3.97. The van der Waals surface area contributed by atoms with Crippen molar-refractivity contribution < 1.29 is 23.0 Å². The number of hydrogen-bond donors (Lipinski definition) is 2. The Morgan fingerprint density at radius 3 is 2.86 bits per heavy atom. The number of nitrogens with two attached hydrogens (primary N) is 1. The van der Waals surface area contributed by atoms with Crippen molar-refractivity contribution in [1.29, 1.82) is 0 Å². The van der Waals surface area contributed by atoms with Crippen molar-refractivity contribution in [2.45, 2.75) is 25.6 Å². The Morgan fingerprint density at radius 2 is 2.10 bits per heavy atom. The first-order chi connectivity index (χ1) is 9.98. The van der Waals surface area contributed by atoms with Crippen molar-refractivity contribution in [3.63, 3.8) is 0 Å². The van der Waals surface area contributed by atoms with Crippen LogP contribution in [0.1, 0.15) is 19.3 Å². The summed E-state index contributed by atoms with van der Waals surface area (Å²) < 4.78 is 34.5. The minimum atomic E-state index is -3.65. The van der Waals surface area contributed by atoms with Crippen LogP contribution in [0.4, 0.5) is 14.5 Å². The van der Waals surface area contributed by atoms with Crippen molar-refractivity contribution in [1.82, 2.24) is 0 Å². The Morgan fingerprint density at radius 1 is 1.33 bits per heavy atom. The van der Waals surface area contributed by atoms with E-state index in [9.17, 15) is 13.6 Å². The Bertz CT molecular complexity index is 565. The number of alkyl halides is 2. The van der Waals surface area contributed by atoms with Gasteiger partial charge in [0.1, 0.15) is 0 Å². The van der Waals surface area contributed by atoms with Crippen LogP contribution in [0.15, 0.2) is 18.2 Å². The van der Waals surface area contributed by atoms with Gasteiger partial charge in [-0.05, 0) is 37.4 Å². The summed E-state index contributed by atoms with van der Waals surface area (Å²) in [5.74, 6) is -0.197. The summed E-state index contributed by atoms with van der Waals surface area (Å²) >= 11 is 0. The Hall–Kier alpha value is -1.89. The first-order valence-corrected chi connectivity index (χ1v) is 6.89. The van der Waals surface area contributed by atoms with E-state index in [1.807, 2.05) is 0 Å². The fraction of sp³-hybridized carbons (Fsp3) is 0.500. The summed E-state index contributed by atoms with van der Waals surface area (Å²) in [5.41, 5.74) is 6.06. The molecule has 1 fully saturated rings. The lowest BCUT2D eigenvalue weighted by Gasteiger charge is -2.17. The predicted octanol–water partition coefficient (Wildman–Crippen LogP) is 2.32. The van der Waals surface area contributed by atoms with Gasteiger partial charge >= 0.3 is 6.29 Å². The number of benzene rings is 1. The van der Waals surface area contributed by atoms with Crippen LogP contribution in [0.3, 0.4) is 0 Å². The smallest absolute Gasteiger partial charge is 0.395 e. The van der Waals surface area contributed by atoms with Gasteiger partial charge < -0.3 is 20.5 Å². The molecule has 21 heavy (non-hydrogen) atoms. The molecule has 1 heterocycles. The monoisotopic (exact) mass is 298 g/mol. The summed E-state index contributed by atoms with van der Waals surface area (Å²) in [6.07, 6.45) is -0.924. The van der Waals surface area contributed by atoms with Crippen LogP contribution < -0.4 is 20.5 Å². The Labute approximate surface area is 120 Å². The molecule has 1 amide bonds. The average Bonchev–Trinajstić information content (AvgIpc) is 3.00. The van der Waals surface area contributed by atoms with Crippen LogP contribution in [0.25, 0.3) is 0 Å².